The predicted molar refractivity (Wildman–Crippen MR) is 89.2 cm³/mol. The largest absolute Gasteiger partial charge is 0.494 e. The standard InChI is InChI=1S/C18H26O6/c1-5-18(6-2,16(19)20)17(21)24-12-13-11-14(22-7-3)9-10-15(13)23-8-4/h9-11H,5-8,12H2,1-4H3,(H,19,20). The minimum atomic E-state index is -1.51. The molecule has 6 nitrogen and oxygen atoms in total. The summed E-state index contributed by atoms with van der Waals surface area (Å²) in [4.78, 5) is 23.8. The predicted octanol–water partition coefficient (Wildman–Crippen LogP) is 3.42. The number of carbonyl (C=O) groups is 2. The summed E-state index contributed by atoms with van der Waals surface area (Å²) in [7, 11) is 0. The van der Waals surface area contributed by atoms with E-state index in [1.807, 2.05) is 13.8 Å². The van der Waals surface area contributed by atoms with Gasteiger partial charge >= 0.3 is 11.9 Å². The Morgan fingerprint density at radius 3 is 2.17 bits per heavy atom. The number of carboxylic acid groups (broad SMARTS) is 1. The number of hydrogen-bond donors (Lipinski definition) is 1. The molecular weight excluding hydrogens is 312 g/mol. The summed E-state index contributed by atoms with van der Waals surface area (Å²) >= 11 is 0. The quantitative estimate of drug-likeness (QED) is 0.520. The van der Waals surface area contributed by atoms with E-state index in [2.05, 4.69) is 0 Å². The molecule has 0 aromatic heterocycles. The zero-order chi connectivity index (χ0) is 18.2. The van der Waals surface area contributed by atoms with Gasteiger partial charge in [0, 0.05) is 5.56 Å². The van der Waals surface area contributed by atoms with Gasteiger partial charge in [-0.25, -0.2) is 0 Å². The lowest BCUT2D eigenvalue weighted by Crippen LogP contribution is -2.39. The third-order valence-electron chi connectivity index (χ3n) is 4.01. The maximum absolute atomic E-state index is 12.3. The zero-order valence-electron chi connectivity index (χ0n) is 14.8. The van der Waals surface area contributed by atoms with E-state index in [1.165, 1.54) is 0 Å². The van der Waals surface area contributed by atoms with Crippen LogP contribution in [0.4, 0.5) is 0 Å². The highest BCUT2D eigenvalue weighted by molar-refractivity contribution is 5.99. The number of esters is 1. The Bertz CT molecular complexity index is 563. The van der Waals surface area contributed by atoms with Gasteiger partial charge in [-0.2, -0.15) is 0 Å². The van der Waals surface area contributed by atoms with Crippen molar-refractivity contribution in [3.8, 4) is 11.5 Å². The van der Waals surface area contributed by atoms with Crippen LogP contribution in [0.25, 0.3) is 0 Å². The number of aliphatic carboxylic acids is 1. The molecule has 0 saturated heterocycles. The van der Waals surface area contributed by atoms with Crippen LogP contribution in [0.2, 0.25) is 0 Å². The molecule has 0 aliphatic carbocycles. The number of carbonyl (C=O) groups excluding carboxylic acids is 1. The van der Waals surface area contributed by atoms with Gasteiger partial charge in [-0.1, -0.05) is 13.8 Å². The third-order valence-corrected chi connectivity index (χ3v) is 4.01. The lowest BCUT2D eigenvalue weighted by Gasteiger charge is -2.24. The molecule has 0 aliphatic rings. The first-order chi connectivity index (χ1) is 11.4. The molecule has 0 bridgehead atoms. The van der Waals surface area contributed by atoms with Gasteiger partial charge in [0.05, 0.1) is 13.2 Å². The molecule has 0 spiro atoms. The van der Waals surface area contributed by atoms with Crippen molar-refractivity contribution in [2.45, 2.75) is 47.1 Å². The van der Waals surface area contributed by atoms with Crippen molar-refractivity contribution in [2.24, 2.45) is 5.41 Å². The Morgan fingerprint density at radius 2 is 1.67 bits per heavy atom. The lowest BCUT2D eigenvalue weighted by atomic mass is 9.82. The second-order valence-electron chi connectivity index (χ2n) is 5.31. The molecule has 1 N–H and O–H groups in total. The minimum Gasteiger partial charge on any atom is -0.494 e. The van der Waals surface area contributed by atoms with Crippen molar-refractivity contribution in [1.82, 2.24) is 0 Å². The van der Waals surface area contributed by atoms with Crippen LogP contribution in [-0.4, -0.2) is 30.3 Å². The molecule has 0 saturated carbocycles. The van der Waals surface area contributed by atoms with Crippen LogP contribution < -0.4 is 9.47 Å². The van der Waals surface area contributed by atoms with Crippen molar-refractivity contribution in [3.05, 3.63) is 23.8 Å². The molecule has 0 heterocycles. The molecule has 6 heteroatoms. The summed E-state index contributed by atoms with van der Waals surface area (Å²) in [6.07, 6.45) is 0.351. The summed E-state index contributed by atoms with van der Waals surface area (Å²) in [6, 6.07) is 5.27. The first-order valence-corrected chi connectivity index (χ1v) is 8.24. The Morgan fingerprint density at radius 1 is 1.04 bits per heavy atom. The average Bonchev–Trinajstić information content (AvgIpc) is 2.56. The average molecular weight is 338 g/mol. The van der Waals surface area contributed by atoms with Crippen molar-refractivity contribution in [1.29, 1.82) is 0 Å². The molecule has 0 amide bonds. The highest BCUT2D eigenvalue weighted by Crippen LogP contribution is 2.30. The summed E-state index contributed by atoms with van der Waals surface area (Å²) in [5, 5.41) is 9.40. The van der Waals surface area contributed by atoms with E-state index < -0.39 is 17.4 Å². The molecule has 0 atom stereocenters. The highest BCUT2D eigenvalue weighted by atomic mass is 16.5. The minimum absolute atomic E-state index is 0.0654. The van der Waals surface area contributed by atoms with Gasteiger partial charge in [-0.3, -0.25) is 9.59 Å². The van der Waals surface area contributed by atoms with Gasteiger partial charge in [-0.05, 0) is 44.9 Å². The highest BCUT2D eigenvalue weighted by Gasteiger charge is 2.44. The molecule has 0 radical (unpaired) electrons. The van der Waals surface area contributed by atoms with Crippen LogP contribution in [0.15, 0.2) is 18.2 Å². The maximum atomic E-state index is 12.3. The topological polar surface area (TPSA) is 82.1 Å². The Kier molecular flexibility index (Phi) is 7.55. The number of rotatable bonds is 10. The molecule has 1 aromatic rings. The van der Waals surface area contributed by atoms with E-state index >= 15 is 0 Å². The fourth-order valence-corrected chi connectivity index (χ4v) is 2.43. The summed E-state index contributed by atoms with van der Waals surface area (Å²) < 4.78 is 16.3. The molecule has 1 aromatic carbocycles. The van der Waals surface area contributed by atoms with Gasteiger partial charge in [0.1, 0.15) is 18.1 Å². The smallest absolute Gasteiger partial charge is 0.323 e. The Hall–Kier alpha value is -2.24. The summed E-state index contributed by atoms with van der Waals surface area (Å²) in [6.45, 7) is 7.99. The van der Waals surface area contributed by atoms with Crippen LogP contribution in [0.3, 0.4) is 0 Å². The van der Waals surface area contributed by atoms with E-state index in [4.69, 9.17) is 14.2 Å². The molecule has 0 aliphatic heterocycles. The molecule has 1 rings (SSSR count). The lowest BCUT2D eigenvalue weighted by molar-refractivity contribution is -0.170. The van der Waals surface area contributed by atoms with Gasteiger partial charge in [0.25, 0.3) is 0 Å². The van der Waals surface area contributed by atoms with Crippen LogP contribution >= 0.6 is 0 Å². The Labute approximate surface area is 142 Å². The van der Waals surface area contributed by atoms with Crippen LogP contribution in [0.1, 0.15) is 46.1 Å². The van der Waals surface area contributed by atoms with Crippen molar-refractivity contribution in [3.63, 3.8) is 0 Å². The SMILES string of the molecule is CCOc1ccc(OCC)c(COC(=O)C(CC)(CC)C(=O)O)c1. The van der Waals surface area contributed by atoms with Crippen molar-refractivity contribution >= 4 is 11.9 Å². The first-order valence-electron chi connectivity index (χ1n) is 8.24. The summed E-state index contributed by atoms with van der Waals surface area (Å²) in [5.41, 5.74) is -0.869. The van der Waals surface area contributed by atoms with Crippen LogP contribution in [0, 0.1) is 5.41 Å². The molecule has 24 heavy (non-hydrogen) atoms. The van der Waals surface area contributed by atoms with E-state index in [9.17, 15) is 14.7 Å². The van der Waals surface area contributed by atoms with E-state index in [1.54, 1.807) is 32.0 Å². The number of ether oxygens (including phenoxy) is 3. The number of carboxylic acids is 1. The second-order valence-corrected chi connectivity index (χ2v) is 5.31. The maximum Gasteiger partial charge on any atom is 0.323 e. The van der Waals surface area contributed by atoms with Gasteiger partial charge in [-0.15, -0.1) is 0 Å². The van der Waals surface area contributed by atoms with Crippen molar-refractivity contribution in [2.75, 3.05) is 13.2 Å². The fourth-order valence-electron chi connectivity index (χ4n) is 2.43. The van der Waals surface area contributed by atoms with E-state index in [0.717, 1.165) is 0 Å². The van der Waals surface area contributed by atoms with Gasteiger partial charge < -0.3 is 19.3 Å². The van der Waals surface area contributed by atoms with Crippen LogP contribution in [-0.2, 0) is 20.9 Å². The van der Waals surface area contributed by atoms with Gasteiger partial charge in [0.2, 0.25) is 0 Å². The van der Waals surface area contributed by atoms with E-state index in [0.29, 0.717) is 30.3 Å². The van der Waals surface area contributed by atoms with E-state index in [-0.39, 0.29) is 19.4 Å². The van der Waals surface area contributed by atoms with Gasteiger partial charge in [0.15, 0.2) is 5.41 Å². The normalized spacial score (nSPS) is 11.0. The number of hydrogen-bond acceptors (Lipinski definition) is 5. The fraction of sp³-hybridized carbons (Fsp3) is 0.556. The van der Waals surface area contributed by atoms with Crippen LogP contribution in [0.5, 0.6) is 11.5 Å². The Balaban J connectivity index is 2.97. The second kappa shape index (κ2) is 9.15. The monoisotopic (exact) mass is 338 g/mol. The summed E-state index contributed by atoms with van der Waals surface area (Å²) in [5.74, 6) is -0.667. The number of benzene rings is 1. The molecule has 0 fully saturated rings. The molecule has 0 unspecified atom stereocenters. The zero-order valence-corrected chi connectivity index (χ0v) is 14.8. The van der Waals surface area contributed by atoms with Crippen molar-refractivity contribution < 1.29 is 28.9 Å². The molecular formula is C18H26O6. The first kappa shape index (κ1) is 19.8. The third kappa shape index (κ3) is 4.40. The molecule has 134 valence electrons.